The maximum Gasteiger partial charge on any atom is 0.303 e. The van der Waals surface area contributed by atoms with Crippen LogP contribution >= 0.6 is 0 Å². The molecule has 1 atom stereocenters. The number of carbonyl (C=O) groups is 1. The molecule has 0 radical (unpaired) electrons. The number of aliphatic carboxylic acids is 1. The summed E-state index contributed by atoms with van der Waals surface area (Å²) in [4.78, 5) is 10.7. The number of carboxylic acids is 1. The van der Waals surface area contributed by atoms with E-state index in [1.54, 1.807) is 0 Å². The molecule has 0 aliphatic heterocycles. The van der Waals surface area contributed by atoms with Crippen molar-refractivity contribution in [2.45, 2.75) is 62.8 Å². The molecule has 0 bridgehead atoms. The number of nitrogens with two attached hydrogens (primary N) is 1. The molecule has 1 aromatic rings. The van der Waals surface area contributed by atoms with Crippen LogP contribution in [0.15, 0.2) is 30.3 Å². The Morgan fingerprint density at radius 1 is 1.20 bits per heavy atom. The van der Waals surface area contributed by atoms with Crippen molar-refractivity contribution >= 4 is 5.97 Å². The zero-order valence-electron chi connectivity index (χ0n) is 12.1. The van der Waals surface area contributed by atoms with E-state index in [1.807, 2.05) is 6.07 Å². The Hall–Kier alpha value is -1.35. The molecule has 2 rings (SSSR count). The van der Waals surface area contributed by atoms with E-state index in [-0.39, 0.29) is 17.9 Å². The lowest BCUT2D eigenvalue weighted by Crippen LogP contribution is -2.46. The van der Waals surface area contributed by atoms with E-state index in [9.17, 15) is 4.79 Å². The summed E-state index contributed by atoms with van der Waals surface area (Å²) in [5.74, 6) is -0.727. The van der Waals surface area contributed by atoms with Crippen LogP contribution in [0.4, 0.5) is 0 Å². The van der Waals surface area contributed by atoms with Gasteiger partial charge in [0.25, 0.3) is 0 Å². The van der Waals surface area contributed by atoms with E-state index in [4.69, 9.17) is 10.8 Å². The van der Waals surface area contributed by atoms with Gasteiger partial charge in [-0.05, 0) is 31.2 Å². The van der Waals surface area contributed by atoms with E-state index < -0.39 is 5.97 Å². The van der Waals surface area contributed by atoms with Gasteiger partial charge in [-0.15, -0.1) is 0 Å². The summed E-state index contributed by atoms with van der Waals surface area (Å²) in [5, 5.41) is 8.78. The molecule has 3 N–H and O–H groups in total. The van der Waals surface area contributed by atoms with Crippen molar-refractivity contribution in [1.29, 1.82) is 0 Å². The Kier molecular flexibility index (Phi) is 5.18. The van der Waals surface area contributed by atoms with E-state index in [2.05, 4.69) is 24.3 Å². The standard InChI is InChI=1S/C17H25NO2/c18-15(10-7-11-16(19)20)17(12-5-2-6-13-17)14-8-3-1-4-9-14/h1,3-4,8-9,15H,2,5-7,10-13,18H2,(H,19,20). The summed E-state index contributed by atoms with van der Waals surface area (Å²) in [5.41, 5.74) is 7.90. The highest BCUT2D eigenvalue weighted by Gasteiger charge is 2.38. The summed E-state index contributed by atoms with van der Waals surface area (Å²) in [6.45, 7) is 0. The van der Waals surface area contributed by atoms with Gasteiger partial charge in [0.2, 0.25) is 0 Å². The average molecular weight is 275 g/mol. The van der Waals surface area contributed by atoms with Crippen LogP contribution in [0.5, 0.6) is 0 Å². The average Bonchev–Trinajstić information content (AvgIpc) is 2.48. The molecular formula is C17H25NO2. The van der Waals surface area contributed by atoms with Crippen LogP contribution in [0, 0.1) is 0 Å². The van der Waals surface area contributed by atoms with Crippen molar-refractivity contribution in [3.05, 3.63) is 35.9 Å². The first kappa shape index (κ1) is 15.0. The Labute approximate surface area is 121 Å². The summed E-state index contributed by atoms with van der Waals surface area (Å²) < 4.78 is 0. The number of hydrogen-bond acceptors (Lipinski definition) is 2. The van der Waals surface area contributed by atoms with Gasteiger partial charge in [-0.1, -0.05) is 49.6 Å². The largest absolute Gasteiger partial charge is 0.481 e. The van der Waals surface area contributed by atoms with Crippen molar-refractivity contribution in [3.63, 3.8) is 0 Å². The van der Waals surface area contributed by atoms with Crippen LogP contribution in [0.25, 0.3) is 0 Å². The van der Waals surface area contributed by atoms with Gasteiger partial charge in [0.15, 0.2) is 0 Å². The Morgan fingerprint density at radius 3 is 2.45 bits per heavy atom. The van der Waals surface area contributed by atoms with Gasteiger partial charge < -0.3 is 10.8 Å². The van der Waals surface area contributed by atoms with Crippen molar-refractivity contribution in [1.82, 2.24) is 0 Å². The fourth-order valence-electron chi connectivity index (χ4n) is 3.58. The molecule has 0 saturated heterocycles. The summed E-state index contributed by atoms with van der Waals surface area (Å²) in [7, 11) is 0. The van der Waals surface area contributed by atoms with Crippen LogP contribution in [0.3, 0.4) is 0 Å². The van der Waals surface area contributed by atoms with Gasteiger partial charge in [-0.25, -0.2) is 0 Å². The first-order valence-corrected chi connectivity index (χ1v) is 7.68. The molecule has 0 heterocycles. The van der Waals surface area contributed by atoms with Crippen LogP contribution in [0.2, 0.25) is 0 Å². The van der Waals surface area contributed by atoms with Gasteiger partial charge in [0.1, 0.15) is 0 Å². The van der Waals surface area contributed by atoms with E-state index in [1.165, 1.54) is 24.8 Å². The number of benzene rings is 1. The Morgan fingerprint density at radius 2 is 1.85 bits per heavy atom. The zero-order chi connectivity index (χ0) is 14.4. The molecule has 1 fully saturated rings. The fourth-order valence-corrected chi connectivity index (χ4v) is 3.58. The molecule has 1 aliphatic carbocycles. The van der Waals surface area contributed by atoms with Crippen molar-refractivity contribution in [2.24, 2.45) is 5.73 Å². The lowest BCUT2D eigenvalue weighted by Gasteiger charge is -2.43. The zero-order valence-corrected chi connectivity index (χ0v) is 12.1. The maximum atomic E-state index is 10.7. The Bertz CT molecular complexity index is 424. The van der Waals surface area contributed by atoms with E-state index in [0.717, 1.165) is 19.3 Å². The lowest BCUT2D eigenvalue weighted by atomic mass is 9.64. The van der Waals surface area contributed by atoms with Gasteiger partial charge in [-0.3, -0.25) is 4.79 Å². The Balaban J connectivity index is 2.12. The van der Waals surface area contributed by atoms with E-state index in [0.29, 0.717) is 6.42 Å². The van der Waals surface area contributed by atoms with Crippen LogP contribution < -0.4 is 5.73 Å². The molecule has 0 spiro atoms. The van der Waals surface area contributed by atoms with Crippen LogP contribution in [-0.2, 0) is 10.2 Å². The summed E-state index contributed by atoms with van der Waals surface area (Å²) in [6.07, 6.45) is 7.68. The van der Waals surface area contributed by atoms with Crippen molar-refractivity contribution in [3.8, 4) is 0 Å². The van der Waals surface area contributed by atoms with Crippen LogP contribution in [0.1, 0.15) is 56.9 Å². The van der Waals surface area contributed by atoms with Crippen molar-refractivity contribution in [2.75, 3.05) is 0 Å². The van der Waals surface area contributed by atoms with Gasteiger partial charge in [-0.2, -0.15) is 0 Å². The number of hydrogen-bond donors (Lipinski definition) is 2. The smallest absolute Gasteiger partial charge is 0.303 e. The highest BCUT2D eigenvalue weighted by Crippen LogP contribution is 2.42. The predicted octanol–water partition coefficient (Wildman–Crippen LogP) is 3.47. The van der Waals surface area contributed by atoms with Crippen molar-refractivity contribution < 1.29 is 9.90 Å². The lowest BCUT2D eigenvalue weighted by molar-refractivity contribution is -0.137. The first-order valence-electron chi connectivity index (χ1n) is 7.68. The molecule has 20 heavy (non-hydrogen) atoms. The van der Waals surface area contributed by atoms with Crippen LogP contribution in [-0.4, -0.2) is 17.1 Å². The van der Waals surface area contributed by atoms with Gasteiger partial charge >= 0.3 is 5.97 Å². The van der Waals surface area contributed by atoms with Gasteiger partial charge in [0.05, 0.1) is 0 Å². The topological polar surface area (TPSA) is 63.3 Å². The molecular weight excluding hydrogens is 250 g/mol. The molecule has 3 heteroatoms. The highest BCUT2D eigenvalue weighted by molar-refractivity contribution is 5.66. The third kappa shape index (κ3) is 3.40. The monoisotopic (exact) mass is 275 g/mol. The molecule has 110 valence electrons. The third-order valence-electron chi connectivity index (χ3n) is 4.71. The molecule has 0 aromatic heterocycles. The molecule has 0 amide bonds. The molecule has 1 unspecified atom stereocenters. The minimum Gasteiger partial charge on any atom is -0.481 e. The summed E-state index contributed by atoms with van der Waals surface area (Å²) >= 11 is 0. The number of carboxylic acid groups (broad SMARTS) is 1. The SMILES string of the molecule is NC(CCCC(=O)O)C1(c2ccccc2)CCCCC1. The maximum absolute atomic E-state index is 10.7. The second-order valence-corrected chi connectivity index (χ2v) is 5.98. The summed E-state index contributed by atoms with van der Waals surface area (Å²) in [6, 6.07) is 10.6. The normalized spacial score (nSPS) is 19.4. The highest BCUT2D eigenvalue weighted by atomic mass is 16.4. The fraction of sp³-hybridized carbons (Fsp3) is 0.588. The molecule has 1 aromatic carbocycles. The quantitative estimate of drug-likeness (QED) is 0.835. The first-order chi connectivity index (χ1) is 9.65. The molecule has 1 aliphatic rings. The molecule has 3 nitrogen and oxygen atoms in total. The predicted molar refractivity (Wildman–Crippen MR) is 80.7 cm³/mol. The second kappa shape index (κ2) is 6.89. The van der Waals surface area contributed by atoms with Gasteiger partial charge in [0, 0.05) is 17.9 Å². The second-order valence-electron chi connectivity index (χ2n) is 5.98. The third-order valence-corrected chi connectivity index (χ3v) is 4.71. The van der Waals surface area contributed by atoms with E-state index >= 15 is 0 Å². The minimum absolute atomic E-state index is 0.0536. The number of rotatable bonds is 6. The molecule has 1 saturated carbocycles. The minimum atomic E-state index is -0.727.